The van der Waals surface area contributed by atoms with Crippen molar-refractivity contribution in [1.82, 2.24) is 9.55 Å². The Morgan fingerprint density at radius 1 is 1.30 bits per heavy atom. The van der Waals surface area contributed by atoms with Crippen LogP contribution in [0.1, 0.15) is 37.6 Å². The van der Waals surface area contributed by atoms with Crippen molar-refractivity contribution in [2.75, 3.05) is 7.11 Å². The molecule has 0 amide bonds. The van der Waals surface area contributed by atoms with Crippen molar-refractivity contribution in [3.8, 4) is 11.4 Å². The standard InChI is InChI=1S/C21H24N2O2S2/c1-12(2)26-21-22-19-18(16-10-5-13(3)11-17(16)27-19)20(24)23(21)14-6-8-15(25-4)9-7-14/h6-9,12-13H,5,10-11H2,1-4H3. The summed E-state index contributed by atoms with van der Waals surface area (Å²) in [5.41, 5.74) is 2.12. The van der Waals surface area contributed by atoms with Crippen LogP contribution >= 0.6 is 23.1 Å². The molecule has 4 nitrogen and oxygen atoms in total. The number of benzene rings is 1. The molecule has 4 rings (SSSR count). The summed E-state index contributed by atoms with van der Waals surface area (Å²) in [6, 6.07) is 7.64. The summed E-state index contributed by atoms with van der Waals surface area (Å²) in [5, 5.41) is 1.93. The molecule has 0 saturated carbocycles. The normalized spacial score (nSPS) is 16.7. The van der Waals surface area contributed by atoms with Crippen molar-refractivity contribution >= 4 is 33.3 Å². The Balaban J connectivity index is 1.96. The molecule has 0 bridgehead atoms. The molecule has 1 unspecified atom stereocenters. The molecule has 0 radical (unpaired) electrons. The third-order valence-corrected chi connectivity index (χ3v) is 7.07. The molecule has 0 fully saturated rings. The second kappa shape index (κ2) is 7.32. The SMILES string of the molecule is COc1ccc(-n2c(SC(C)C)nc3sc4c(c3c2=O)CCC(C)C4)cc1. The van der Waals surface area contributed by atoms with E-state index in [1.807, 2.05) is 24.3 Å². The summed E-state index contributed by atoms with van der Waals surface area (Å²) in [6.45, 7) is 6.54. The number of methoxy groups -OCH3 is 1. The van der Waals surface area contributed by atoms with Crippen LogP contribution in [0.2, 0.25) is 0 Å². The van der Waals surface area contributed by atoms with Gasteiger partial charge in [-0.25, -0.2) is 4.98 Å². The van der Waals surface area contributed by atoms with Gasteiger partial charge in [-0.1, -0.05) is 32.5 Å². The van der Waals surface area contributed by atoms with Crippen LogP contribution in [-0.2, 0) is 12.8 Å². The van der Waals surface area contributed by atoms with Gasteiger partial charge in [0.25, 0.3) is 5.56 Å². The molecule has 0 N–H and O–H groups in total. The monoisotopic (exact) mass is 400 g/mol. The Bertz CT molecular complexity index is 1040. The van der Waals surface area contributed by atoms with Crippen molar-refractivity contribution in [1.29, 1.82) is 0 Å². The Kier molecular flexibility index (Phi) is 5.03. The summed E-state index contributed by atoms with van der Waals surface area (Å²) in [4.78, 5) is 20.8. The van der Waals surface area contributed by atoms with Crippen LogP contribution in [-0.4, -0.2) is 21.9 Å². The molecule has 2 heterocycles. The Morgan fingerprint density at radius 2 is 2.04 bits per heavy atom. The van der Waals surface area contributed by atoms with E-state index in [2.05, 4.69) is 20.8 Å². The van der Waals surface area contributed by atoms with Gasteiger partial charge in [-0.15, -0.1) is 11.3 Å². The van der Waals surface area contributed by atoms with Crippen LogP contribution in [0, 0.1) is 5.92 Å². The fourth-order valence-corrected chi connectivity index (χ4v) is 5.91. The van der Waals surface area contributed by atoms with Crippen molar-refractivity contribution in [2.24, 2.45) is 5.92 Å². The number of thioether (sulfide) groups is 1. The highest BCUT2D eigenvalue weighted by atomic mass is 32.2. The molecule has 1 aliphatic carbocycles. The zero-order valence-electron chi connectivity index (χ0n) is 16.1. The van der Waals surface area contributed by atoms with Gasteiger partial charge in [0.1, 0.15) is 10.6 Å². The average Bonchev–Trinajstić information content (AvgIpc) is 2.99. The maximum Gasteiger partial charge on any atom is 0.267 e. The minimum Gasteiger partial charge on any atom is -0.497 e. The number of hydrogen-bond donors (Lipinski definition) is 0. The number of thiophene rings is 1. The molecular weight excluding hydrogens is 376 g/mol. The highest BCUT2D eigenvalue weighted by molar-refractivity contribution is 7.99. The smallest absolute Gasteiger partial charge is 0.267 e. The number of fused-ring (bicyclic) bond motifs is 3. The second-order valence-corrected chi connectivity index (χ2v) is 10.1. The first-order chi connectivity index (χ1) is 13.0. The molecule has 2 aromatic heterocycles. The van der Waals surface area contributed by atoms with Crippen LogP contribution < -0.4 is 10.3 Å². The van der Waals surface area contributed by atoms with Crippen LogP contribution in [0.25, 0.3) is 15.9 Å². The third-order valence-electron chi connectivity index (χ3n) is 4.97. The quantitative estimate of drug-likeness (QED) is 0.452. The van der Waals surface area contributed by atoms with Crippen LogP contribution in [0.4, 0.5) is 0 Å². The number of rotatable bonds is 4. The van der Waals surface area contributed by atoms with Crippen molar-refractivity contribution < 1.29 is 4.74 Å². The van der Waals surface area contributed by atoms with E-state index in [0.29, 0.717) is 11.2 Å². The molecular formula is C21H24N2O2S2. The highest BCUT2D eigenvalue weighted by Gasteiger charge is 2.25. The number of aromatic nitrogens is 2. The summed E-state index contributed by atoms with van der Waals surface area (Å²) < 4.78 is 7.04. The van der Waals surface area contributed by atoms with Crippen LogP contribution in [0.3, 0.4) is 0 Å². The largest absolute Gasteiger partial charge is 0.497 e. The molecule has 1 atom stereocenters. The number of aryl methyl sites for hydroxylation is 1. The predicted octanol–water partition coefficient (Wildman–Crippen LogP) is 5.08. The number of nitrogens with zero attached hydrogens (tertiary/aromatic N) is 2. The first-order valence-corrected chi connectivity index (χ1v) is 11.1. The van der Waals surface area contributed by atoms with E-state index in [-0.39, 0.29) is 5.56 Å². The fourth-order valence-electron chi connectivity index (χ4n) is 3.62. The Hall–Kier alpha value is -1.79. The lowest BCUT2D eigenvalue weighted by Gasteiger charge is -2.18. The van der Waals surface area contributed by atoms with Gasteiger partial charge in [0.15, 0.2) is 5.16 Å². The molecule has 27 heavy (non-hydrogen) atoms. The lowest BCUT2D eigenvalue weighted by molar-refractivity contribution is 0.414. The lowest BCUT2D eigenvalue weighted by Crippen LogP contribution is -2.23. The van der Waals surface area contributed by atoms with Gasteiger partial charge >= 0.3 is 0 Å². The van der Waals surface area contributed by atoms with Crippen molar-refractivity contribution in [3.63, 3.8) is 0 Å². The molecule has 0 spiro atoms. The van der Waals surface area contributed by atoms with Gasteiger partial charge in [-0.05, 0) is 55.0 Å². The molecule has 1 aromatic carbocycles. The summed E-state index contributed by atoms with van der Waals surface area (Å²) >= 11 is 3.34. The van der Waals surface area contributed by atoms with E-state index in [0.717, 1.165) is 46.1 Å². The second-order valence-electron chi connectivity index (χ2n) is 7.43. The van der Waals surface area contributed by atoms with E-state index in [9.17, 15) is 4.79 Å². The Labute approximate surface area is 167 Å². The minimum absolute atomic E-state index is 0.0559. The van der Waals surface area contributed by atoms with Crippen LogP contribution in [0.15, 0.2) is 34.2 Å². The molecule has 0 saturated heterocycles. The topological polar surface area (TPSA) is 44.1 Å². The minimum atomic E-state index is 0.0559. The maximum absolute atomic E-state index is 13.6. The molecule has 3 aromatic rings. The average molecular weight is 401 g/mol. The van der Waals surface area contributed by atoms with Gasteiger partial charge in [-0.3, -0.25) is 9.36 Å². The lowest BCUT2D eigenvalue weighted by atomic mass is 9.89. The van der Waals surface area contributed by atoms with E-state index < -0.39 is 0 Å². The van der Waals surface area contributed by atoms with Gasteiger partial charge in [0, 0.05) is 10.1 Å². The first-order valence-electron chi connectivity index (χ1n) is 9.36. The summed E-state index contributed by atoms with van der Waals surface area (Å²) in [5.74, 6) is 1.46. The van der Waals surface area contributed by atoms with Gasteiger partial charge < -0.3 is 4.74 Å². The van der Waals surface area contributed by atoms with E-state index in [4.69, 9.17) is 9.72 Å². The first kappa shape index (κ1) is 18.6. The van der Waals surface area contributed by atoms with Gasteiger partial charge in [0.05, 0.1) is 18.2 Å². The van der Waals surface area contributed by atoms with Crippen molar-refractivity contribution in [3.05, 3.63) is 45.1 Å². The van der Waals surface area contributed by atoms with E-state index >= 15 is 0 Å². The molecule has 6 heteroatoms. The summed E-state index contributed by atoms with van der Waals surface area (Å²) in [7, 11) is 1.65. The number of hydrogen-bond acceptors (Lipinski definition) is 5. The molecule has 0 aliphatic heterocycles. The fraction of sp³-hybridized carbons (Fsp3) is 0.429. The van der Waals surface area contributed by atoms with Gasteiger partial charge in [-0.2, -0.15) is 0 Å². The van der Waals surface area contributed by atoms with Gasteiger partial charge in [0.2, 0.25) is 0 Å². The zero-order valence-corrected chi connectivity index (χ0v) is 17.7. The van der Waals surface area contributed by atoms with Crippen molar-refractivity contribution in [2.45, 2.75) is 50.4 Å². The molecule has 142 valence electrons. The zero-order chi connectivity index (χ0) is 19.1. The third kappa shape index (κ3) is 3.41. The highest BCUT2D eigenvalue weighted by Crippen LogP contribution is 2.37. The summed E-state index contributed by atoms with van der Waals surface area (Å²) in [6.07, 6.45) is 3.18. The van der Waals surface area contributed by atoms with E-state index in [1.54, 1.807) is 34.8 Å². The predicted molar refractivity (Wildman–Crippen MR) is 114 cm³/mol. The molecule has 1 aliphatic rings. The number of ether oxygens (including phenoxy) is 1. The Morgan fingerprint density at radius 3 is 2.70 bits per heavy atom. The van der Waals surface area contributed by atoms with E-state index in [1.165, 1.54) is 10.4 Å². The maximum atomic E-state index is 13.6. The van der Waals surface area contributed by atoms with Crippen LogP contribution in [0.5, 0.6) is 5.75 Å².